The van der Waals surface area contributed by atoms with Gasteiger partial charge in [0.1, 0.15) is 6.79 Å². The normalized spacial score (nSPS) is 15.6. The van der Waals surface area contributed by atoms with Crippen LogP contribution in [0.2, 0.25) is 0 Å². The second kappa shape index (κ2) is 8.90. The van der Waals surface area contributed by atoms with Gasteiger partial charge in [0.15, 0.2) is 0 Å². The summed E-state index contributed by atoms with van der Waals surface area (Å²) in [6.07, 6.45) is 3.65. The molecule has 112 valence electrons. The van der Waals surface area contributed by atoms with E-state index in [2.05, 4.69) is 6.58 Å². The number of hydrogen-bond donors (Lipinski definition) is 1. The van der Waals surface area contributed by atoms with Crippen LogP contribution in [0.15, 0.2) is 43.0 Å². The van der Waals surface area contributed by atoms with Crippen molar-refractivity contribution in [2.45, 2.75) is 51.4 Å². The van der Waals surface area contributed by atoms with Gasteiger partial charge in [0.25, 0.3) is 0 Å². The zero-order valence-corrected chi connectivity index (χ0v) is 12.5. The molecule has 0 aliphatic carbocycles. The summed E-state index contributed by atoms with van der Waals surface area (Å²) in [6, 6.07) is 9.95. The van der Waals surface area contributed by atoms with Crippen molar-refractivity contribution in [2.24, 2.45) is 0 Å². The van der Waals surface area contributed by atoms with Gasteiger partial charge in [-0.3, -0.25) is 0 Å². The monoisotopic (exact) mass is 278 g/mol. The minimum Gasteiger partial charge on any atom is -0.387 e. The molecule has 0 saturated carbocycles. The third-order valence-electron chi connectivity index (χ3n) is 3.66. The van der Waals surface area contributed by atoms with Crippen LogP contribution in [0.4, 0.5) is 0 Å². The number of rotatable bonds is 10. The number of aliphatic hydroxyl groups is 1. The van der Waals surface area contributed by atoms with Crippen LogP contribution in [-0.2, 0) is 16.1 Å². The molecule has 0 aliphatic rings. The summed E-state index contributed by atoms with van der Waals surface area (Å²) in [5.41, 5.74) is 0.297. The van der Waals surface area contributed by atoms with E-state index in [0.29, 0.717) is 19.4 Å². The molecule has 0 saturated heterocycles. The fourth-order valence-corrected chi connectivity index (χ4v) is 2.06. The van der Waals surface area contributed by atoms with Crippen molar-refractivity contribution in [2.75, 3.05) is 6.79 Å². The van der Waals surface area contributed by atoms with E-state index in [9.17, 15) is 5.11 Å². The van der Waals surface area contributed by atoms with E-state index in [0.717, 1.165) is 12.0 Å². The number of hydrogen-bond acceptors (Lipinski definition) is 3. The van der Waals surface area contributed by atoms with Crippen LogP contribution in [0.5, 0.6) is 0 Å². The van der Waals surface area contributed by atoms with Crippen molar-refractivity contribution in [3.05, 3.63) is 48.6 Å². The summed E-state index contributed by atoms with van der Waals surface area (Å²) in [5, 5.41) is 10.5. The van der Waals surface area contributed by atoms with E-state index in [1.54, 1.807) is 0 Å². The van der Waals surface area contributed by atoms with Gasteiger partial charge < -0.3 is 14.6 Å². The highest BCUT2D eigenvalue weighted by Gasteiger charge is 2.31. The minimum absolute atomic E-state index is 0.187. The standard InChI is InChI=1S/C17H26O3/c1-4-6-12-17(18,5-2)15(3)20-14-19-13-16-10-8-7-9-11-16/h4,7-11,15,18H,1,5-6,12-14H2,2-3H3/t15-,17+/m0/s1. The molecule has 0 radical (unpaired) electrons. The third kappa shape index (κ3) is 5.45. The predicted octanol–water partition coefficient (Wildman–Crippen LogP) is 3.67. The van der Waals surface area contributed by atoms with Crippen molar-refractivity contribution in [1.82, 2.24) is 0 Å². The SMILES string of the molecule is C=CCC[C@](O)(CC)[C@H](C)OCOCc1ccccc1. The molecule has 1 aromatic rings. The highest BCUT2D eigenvalue weighted by atomic mass is 16.7. The van der Waals surface area contributed by atoms with Crippen LogP contribution in [0.1, 0.15) is 38.7 Å². The van der Waals surface area contributed by atoms with Crippen molar-refractivity contribution in [3.63, 3.8) is 0 Å². The summed E-state index contributed by atoms with van der Waals surface area (Å²) < 4.78 is 11.1. The predicted molar refractivity (Wildman–Crippen MR) is 81.3 cm³/mol. The average molecular weight is 278 g/mol. The zero-order valence-electron chi connectivity index (χ0n) is 12.5. The Bertz CT molecular complexity index is 377. The summed E-state index contributed by atoms with van der Waals surface area (Å²) in [5.74, 6) is 0. The van der Waals surface area contributed by atoms with Crippen LogP contribution < -0.4 is 0 Å². The molecule has 3 nitrogen and oxygen atoms in total. The van der Waals surface area contributed by atoms with E-state index < -0.39 is 5.60 Å². The maximum Gasteiger partial charge on any atom is 0.147 e. The Morgan fingerprint density at radius 3 is 2.65 bits per heavy atom. The molecule has 1 aromatic carbocycles. The van der Waals surface area contributed by atoms with Gasteiger partial charge in [-0.15, -0.1) is 6.58 Å². The second-order valence-corrected chi connectivity index (χ2v) is 5.05. The van der Waals surface area contributed by atoms with Gasteiger partial charge in [0.2, 0.25) is 0 Å². The first-order valence-electron chi connectivity index (χ1n) is 7.19. The topological polar surface area (TPSA) is 38.7 Å². The van der Waals surface area contributed by atoms with E-state index in [1.165, 1.54) is 0 Å². The van der Waals surface area contributed by atoms with Crippen LogP contribution in [0.25, 0.3) is 0 Å². The quantitative estimate of drug-likeness (QED) is 0.403. The van der Waals surface area contributed by atoms with Gasteiger partial charge in [0.05, 0.1) is 18.3 Å². The molecule has 0 fully saturated rings. The molecule has 0 unspecified atom stereocenters. The Morgan fingerprint density at radius 2 is 2.05 bits per heavy atom. The van der Waals surface area contributed by atoms with E-state index in [1.807, 2.05) is 50.3 Å². The lowest BCUT2D eigenvalue weighted by molar-refractivity contribution is -0.162. The molecule has 20 heavy (non-hydrogen) atoms. The van der Waals surface area contributed by atoms with Crippen molar-refractivity contribution in [1.29, 1.82) is 0 Å². The molecular formula is C17H26O3. The molecule has 1 rings (SSSR count). The summed E-state index contributed by atoms with van der Waals surface area (Å²) in [6.45, 7) is 8.25. The smallest absolute Gasteiger partial charge is 0.147 e. The first-order valence-corrected chi connectivity index (χ1v) is 7.19. The summed E-state index contributed by atoms with van der Waals surface area (Å²) >= 11 is 0. The molecule has 3 heteroatoms. The lowest BCUT2D eigenvalue weighted by Gasteiger charge is -2.32. The molecule has 0 spiro atoms. The Hall–Kier alpha value is -1.16. The molecule has 0 amide bonds. The van der Waals surface area contributed by atoms with Gasteiger partial charge in [-0.2, -0.15) is 0 Å². The number of ether oxygens (including phenoxy) is 2. The number of benzene rings is 1. The lowest BCUT2D eigenvalue weighted by atomic mass is 9.89. The third-order valence-corrected chi connectivity index (χ3v) is 3.66. The van der Waals surface area contributed by atoms with Crippen LogP contribution in [0, 0.1) is 0 Å². The maximum atomic E-state index is 10.5. The van der Waals surface area contributed by atoms with Crippen molar-refractivity contribution in [3.8, 4) is 0 Å². The Kier molecular flexibility index (Phi) is 7.52. The highest BCUT2D eigenvalue weighted by molar-refractivity contribution is 5.13. The average Bonchev–Trinajstić information content (AvgIpc) is 2.50. The summed E-state index contributed by atoms with van der Waals surface area (Å²) in [7, 11) is 0. The van der Waals surface area contributed by atoms with Gasteiger partial charge in [-0.05, 0) is 31.7 Å². The van der Waals surface area contributed by atoms with Crippen LogP contribution in [-0.4, -0.2) is 23.6 Å². The zero-order chi connectivity index (χ0) is 14.8. The Labute approximate surface area is 122 Å². The molecular weight excluding hydrogens is 252 g/mol. The molecule has 1 N–H and O–H groups in total. The first-order chi connectivity index (χ1) is 9.62. The van der Waals surface area contributed by atoms with Gasteiger partial charge >= 0.3 is 0 Å². The van der Waals surface area contributed by atoms with Gasteiger partial charge in [-0.25, -0.2) is 0 Å². The van der Waals surface area contributed by atoms with Gasteiger partial charge in [0, 0.05) is 0 Å². The van der Waals surface area contributed by atoms with E-state index in [-0.39, 0.29) is 12.9 Å². The fraction of sp³-hybridized carbons (Fsp3) is 0.529. The Balaban J connectivity index is 2.30. The second-order valence-electron chi connectivity index (χ2n) is 5.05. The molecule has 0 aliphatic heterocycles. The number of allylic oxidation sites excluding steroid dienone is 1. The van der Waals surface area contributed by atoms with E-state index in [4.69, 9.17) is 9.47 Å². The van der Waals surface area contributed by atoms with Crippen LogP contribution >= 0.6 is 0 Å². The lowest BCUT2D eigenvalue weighted by Crippen LogP contribution is -2.41. The molecule has 2 atom stereocenters. The van der Waals surface area contributed by atoms with Crippen molar-refractivity contribution < 1.29 is 14.6 Å². The van der Waals surface area contributed by atoms with Crippen LogP contribution in [0.3, 0.4) is 0 Å². The van der Waals surface area contributed by atoms with Crippen molar-refractivity contribution >= 4 is 0 Å². The van der Waals surface area contributed by atoms with E-state index >= 15 is 0 Å². The molecule has 0 aromatic heterocycles. The maximum absolute atomic E-state index is 10.5. The largest absolute Gasteiger partial charge is 0.387 e. The Morgan fingerprint density at radius 1 is 1.35 bits per heavy atom. The summed E-state index contributed by atoms with van der Waals surface area (Å²) in [4.78, 5) is 0. The fourth-order valence-electron chi connectivity index (χ4n) is 2.06. The first kappa shape index (κ1) is 16.9. The van der Waals surface area contributed by atoms with Gasteiger partial charge in [-0.1, -0.05) is 43.3 Å². The highest BCUT2D eigenvalue weighted by Crippen LogP contribution is 2.24. The minimum atomic E-state index is -0.815. The molecule has 0 heterocycles. The molecule has 0 bridgehead atoms.